The van der Waals surface area contributed by atoms with E-state index in [-0.39, 0.29) is 11.3 Å². The number of halogens is 1. The van der Waals surface area contributed by atoms with Crippen LogP contribution in [0.5, 0.6) is 0 Å². The second-order valence-corrected chi connectivity index (χ2v) is 6.58. The third-order valence-electron chi connectivity index (χ3n) is 3.71. The van der Waals surface area contributed by atoms with Crippen LogP contribution in [0.25, 0.3) is 0 Å². The minimum absolute atomic E-state index is 0.0818. The molecule has 1 aromatic rings. The molecule has 0 spiro atoms. The summed E-state index contributed by atoms with van der Waals surface area (Å²) in [5.74, 6) is 0.213. The van der Waals surface area contributed by atoms with E-state index in [1.807, 2.05) is 24.3 Å². The Bertz CT molecular complexity index is 453. The van der Waals surface area contributed by atoms with Crippen LogP contribution in [-0.2, 0) is 0 Å². The Morgan fingerprint density at radius 3 is 2.68 bits per heavy atom. The monoisotopic (exact) mass is 324 g/mol. The number of Topliss-reactive ketones (excluding diaryl/α,β-unsaturated/α-hetero) is 1. The summed E-state index contributed by atoms with van der Waals surface area (Å²) in [7, 11) is 0. The quantitative estimate of drug-likeness (QED) is 0.864. The Balaban J connectivity index is 2.04. The lowest BCUT2D eigenvalue weighted by Gasteiger charge is -2.40. The molecule has 0 atom stereocenters. The number of nitrogens with one attached hydrogen (secondary N) is 1. The number of hydrogen-bond donors (Lipinski definition) is 1. The van der Waals surface area contributed by atoms with Crippen molar-refractivity contribution < 1.29 is 4.79 Å². The summed E-state index contributed by atoms with van der Waals surface area (Å²) in [5, 5.41) is 3.35. The fourth-order valence-corrected chi connectivity index (χ4v) is 2.94. The maximum absolute atomic E-state index is 12.4. The van der Waals surface area contributed by atoms with Crippen LogP contribution in [0.3, 0.4) is 0 Å². The highest BCUT2D eigenvalue weighted by molar-refractivity contribution is 9.10. The minimum Gasteiger partial charge on any atom is -0.314 e. The molecule has 0 radical (unpaired) electrons. The van der Waals surface area contributed by atoms with Crippen LogP contribution in [-0.4, -0.2) is 42.4 Å². The third-order valence-corrected chi connectivity index (χ3v) is 4.21. The molecular weight excluding hydrogens is 304 g/mol. The number of ketones is 1. The highest BCUT2D eigenvalue weighted by Crippen LogP contribution is 2.23. The zero-order valence-electron chi connectivity index (χ0n) is 11.6. The summed E-state index contributed by atoms with van der Waals surface area (Å²) < 4.78 is 0.957. The van der Waals surface area contributed by atoms with E-state index in [9.17, 15) is 4.79 Å². The van der Waals surface area contributed by atoms with Crippen LogP contribution in [0.2, 0.25) is 0 Å². The van der Waals surface area contributed by atoms with E-state index in [4.69, 9.17) is 0 Å². The Morgan fingerprint density at radius 2 is 2.05 bits per heavy atom. The highest BCUT2D eigenvalue weighted by atomic mass is 79.9. The van der Waals surface area contributed by atoms with Crippen LogP contribution in [0.4, 0.5) is 0 Å². The van der Waals surface area contributed by atoms with Gasteiger partial charge in [0.25, 0.3) is 0 Å². The predicted molar refractivity (Wildman–Crippen MR) is 81.6 cm³/mol. The van der Waals surface area contributed by atoms with Crippen LogP contribution < -0.4 is 5.32 Å². The zero-order chi connectivity index (χ0) is 13.9. The molecule has 1 saturated heterocycles. The first kappa shape index (κ1) is 14.7. The molecule has 2 rings (SSSR count). The molecule has 104 valence electrons. The van der Waals surface area contributed by atoms with E-state index >= 15 is 0 Å². The summed E-state index contributed by atoms with van der Waals surface area (Å²) in [6.07, 6.45) is 0.559. The van der Waals surface area contributed by atoms with Gasteiger partial charge in [0, 0.05) is 48.2 Å². The van der Waals surface area contributed by atoms with Gasteiger partial charge in [-0.05, 0) is 26.0 Å². The minimum atomic E-state index is -0.0818. The molecule has 0 saturated carbocycles. The lowest BCUT2D eigenvalue weighted by atomic mass is 9.92. The van der Waals surface area contributed by atoms with Crippen molar-refractivity contribution in [2.75, 3.05) is 26.2 Å². The SMILES string of the molecule is CC(C)(CC(=O)c1cccc(Br)c1)N1CCNCC1. The molecule has 0 unspecified atom stereocenters. The highest BCUT2D eigenvalue weighted by Gasteiger charge is 2.30. The first-order chi connectivity index (χ1) is 8.99. The number of benzene rings is 1. The number of piperazine rings is 1. The topological polar surface area (TPSA) is 32.3 Å². The lowest BCUT2D eigenvalue weighted by molar-refractivity contribution is 0.0729. The number of nitrogens with zero attached hydrogens (tertiary/aromatic N) is 1. The lowest BCUT2D eigenvalue weighted by Crippen LogP contribution is -2.54. The summed E-state index contributed by atoms with van der Waals surface area (Å²) in [4.78, 5) is 14.8. The van der Waals surface area contributed by atoms with E-state index < -0.39 is 0 Å². The molecule has 0 bridgehead atoms. The number of carbonyl (C=O) groups excluding carboxylic acids is 1. The van der Waals surface area contributed by atoms with Crippen molar-refractivity contribution in [3.63, 3.8) is 0 Å². The van der Waals surface area contributed by atoms with Crippen molar-refractivity contribution in [2.24, 2.45) is 0 Å². The Morgan fingerprint density at radius 1 is 1.37 bits per heavy atom. The van der Waals surface area contributed by atoms with Gasteiger partial charge in [-0.2, -0.15) is 0 Å². The fraction of sp³-hybridized carbons (Fsp3) is 0.533. The van der Waals surface area contributed by atoms with E-state index in [1.165, 1.54) is 0 Å². The van der Waals surface area contributed by atoms with Gasteiger partial charge < -0.3 is 5.32 Å². The predicted octanol–water partition coefficient (Wildman–Crippen LogP) is 2.71. The van der Waals surface area contributed by atoms with Gasteiger partial charge in [-0.15, -0.1) is 0 Å². The van der Waals surface area contributed by atoms with Crippen LogP contribution in [0, 0.1) is 0 Å². The zero-order valence-corrected chi connectivity index (χ0v) is 13.2. The van der Waals surface area contributed by atoms with Crippen molar-refractivity contribution in [1.29, 1.82) is 0 Å². The average molecular weight is 325 g/mol. The third kappa shape index (κ3) is 3.88. The van der Waals surface area contributed by atoms with Gasteiger partial charge in [-0.3, -0.25) is 9.69 Å². The largest absolute Gasteiger partial charge is 0.314 e. The van der Waals surface area contributed by atoms with Gasteiger partial charge in [0.1, 0.15) is 0 Å². The van der Waals surface area contributed by atoms with E-state index in [0.29, 0.717) is 6.42 Å². The number of hydrogen-bond acceptors (Lipinski definition) is 3. The molecule has 4 heteroatoms. The molecule has 0 aromatic heterocycles. The Kier molecular flexibility index (Phi) is 4.76. The van der Waals surface area contributed by atoms with Crippen LogP contribution in [0.15, 0.2) is 28.7 Å². The molecule has 1 fully saturated rings. The van der Waals surface area contributed by atoms with Crippen molar-refractivity contribution in [2.45, 2.75) is 25.8 Å². The average Bonchev–Trinajstić information content (AvgIpc) is 2.39. The van der Waals surface area contributed by atoms with Crippen LogP contribution in [0.1, 0.15) is 30.6 Å². The van der Waals surface area contributed by atoms with Crippen molar-refractivity contribution in [1.82, 2.24) is 10.2 Å². The molecule has 1 heterocycles. The second kappa shape index (κ2) is 6.16. The molecule has 1 aromatic carbocycles. The van der Waals surface area contributed by atoms with Crippen molar-refractivity contribution in [3.8, 4) is 0 Å². The molecular formula is C15H21BrN2O. The van der Waals surface area contributed by atoms with E-state index in [1.54, 1.807) is 0 Å². The van der Waals surface area contributed by atoms with Gasteiger partial charge in [0.05, 0.1) is 0 Å². The van der Waals surface area contributed by atoms with Gasteiger partial charge in [0.15, 0.2) is 5.78 Å². The first-order valence-corrected chi connectivity index (χ1v) is 7.53. The molecule has 1 aliphatic rings. The maximum atomic E-state index is 12.4. The smallest absolute Gasteiger partial charge is 0.164 e. The normalized spacial score (nSPS) is 17.4. The van der Waals surface area contributed by atoms with Gasteiger partial charge in [-0.1, -0.05) is 28.1 Å². The number of carbonyl (C=O) groups is 1. The molecule has 1 N–H and O–H groups in total. The molecule has 3 nitrogen and oxygen atoms in total. The second-order valence-electron chi connectivity index (χ2n) is 5.66. The summed E-state index contributed by atoms with van der Waals surface area (Å²) in [6, 6.07) is 7.64. The molecule has 0 aliphatic carbocycles. The molecule has 19 heavy (non-hydrogen) atoms. The summed E-state index contributed by atoms with van der Waals surface area (Å²) in [5.41, 5.74) is 0.708. The first-order valence-electron chi connectivity index (χ1n) is 6.73. The van der Waals surface area contributed by atoms with Gasteiger partial charge in [0.2, 0.25) is 0 Å². The Labute approximate surface area is 123 Å². The summed E-state index contributed by atoms with van der Waals surface area (Å²) >= 11 is 3.42. The maximum Gasteiger partial charge on any atom is 0.164 e. The standard InChI is InChI=1S/C15H21BrN2O/c1-15(2,18-8-6-17-7-9-18)11-14(19)12-4-3-5-13(16)10-12/h3-5,10,17H,6-9,11H2,1-2H3. The van der Waals surface area contributed by atoms with E-state index in [0.717, 1.165) is 36.2 Å². The van der Waals surface area contributed by atoms with Gasteiger partial charge >= 0.3 is 0 Å². The summed E-state index contributed by atoms with van der Waals surface area (Å²) in [6.45, 7) is 8.36. The van der Waals surface area contributed by atoms with Crippen molar-refractivity contribution in [3.05, 3.63) is 34.3 Å². The van der Waals surface area contributed by atoms with Crippen LogP contribution >= 0.6 is 15.9 Å². The molecule has 1 aliphatic heterocycles. The molecule has 0 amide bonds. The number of rotatable bonds is 4. The Hall–Kier alpha value is -0.710. The van der Waals surface area contributed by atoms with Crippen molar-refractivity contribution >= 4 is 21.7 Å². The van der Waals surface area contributed by atoms with Gasteiger partial charge in [-0.25, -0.2) is 0 Å². The fourth-order valence-electron chi connectivity index (χ4n) is 2.54. The van der Waals surface area contributed by atoms with E-state index in [2.05, 4.69) is 40.0 Å².